The van der Waals surface area contributed by atoms with Gasteiger partial charge >= 0.3 is 0 Å². The van der Waals surface area contributed by atoms with Gasteiger partial charge in [0.05, 0.1) is 6.04 Å². The first-order valence-corrected chi connectivity index (χ1v) is 9.00. The monoisotopic (exact) mass is 306 g/mol. The molecule has 0 aromatic heterocycles. The zero-order valence-electron chi connectivity index (χ0n) is 14.7. The number of rotatable bonds is 4. The summed E-state index contributed by atoms with van der Waals surface area (Å²) in [5.41, 5.74) is 5.92. The number of nitrogens with two attached hydrogens (primary N) is 1. The third-order valence-corrected chi connectivity index (χ3v) is 5.30. The molecule has 4 heteroatoms. The zero-order valence-corrected chi connectivity index (χ0v) is 14.7. The SMILES string of the molecule is CC.CN1CCC(CN2CC3(CC(N=C/C=C\N)C3)C2)CC1. The van der Waals surface area contributed by atoms with Crippen molar-refractivity contribution in [3.63, 3.8) is 0 Å². The summed E-state index contributed by atoms with van der Waals surface area (Å²) >= 11 is 0. The van der Waals surface area contributed by atoms with Gasteiger partial charge in [0, 0.05) is 25.8 Å². The highest BCUT2D eigenvalue weighted by molar-refractivity contribution is 5.71. The van der Waals surface area contributed by atoms with Crippen LogP contribution in [0.5, 0.6) is 0 Å². The molecule has 0 amide bonds. The molecule has 0 aromatic rings. The summed E-state index contributed by atoms with van der Waals surface area (Å²) in [5.74, 6) is 0.937. The molecule has 0 bridgehead atoms. The van der Waals surface area contributed by atoms with Crippen LogP contribution in [0.25, 0.3) is 0 Å². The van der Waals surface area contributed by atoms with Crippen LogP contribution in [0.4, 0.5) is 0 Å². The summed E-state index contributed by atoms with van der Waals surface area (Å²) < 4.78 is 0. The number of allylic oxidation sites excluding steroid dienone is 1. The average Bonchev–Trinajstić information content (AvgIpc) is 2.46. The highest BCUT2D eigenvalue weighted by Gasteiger charge is 2.52. The molecule has 3 aliphatic rings. The Morgan fingerprint density at radius 3 is 2.41 bits per heavy atom. The van der Waals surface area contributed by atoms with Gasteiger partial charge in [0.15, 0.2) is 0 Å². The molecule has 2 N–H and O–H groups in total. The lowest BCUT2D eigenvalue weighted by molar-refractivity contribution is -0.0789. The van der Waals surface area contributed by atoms with Gasteiger partial charge in [-0.05, 0) is 69.4 Å². The molecule has 2 saturated heterocycles. The summed E-state index contributed by atoms with van der Waals surface area (Å²) in [6.45, 7) is 10.5. The number of likely N-dealkylation sites (tertiary alicyclic amines) is 2. The van der Waals surface area contributed by atoms with Crippen molar-refractivity contribution in [2.45, 2.75) is 45.6 Å². The van der Waals surface area contributed by atoms with E-state index in [1.165, 1.54) is 58.4 Å². The minimum Gasteiger partial charge on any atom is -0.405 e. The zero-order chi connectivity index (χ0) is 16.0. The molecule has 22 heavy (non-hydrogen) atoms. The van der Waals surface area contributed by atoms with Crippen LogP contribution >= 0.6 is 0 Å². The Morgan fingerprint density at radius 2 is 1.82 bits per heavy atom. The van der Waals surface area contributed by atoms with Crippen molar-refractivity contribution < 1.29 is 0 Å². The van der Waals surface area contributed by atoms with Crippen molar-refractivity contribution in [1.82, 2.24) is 9.80 Å². The van der Waals surface area contributed by atoms with Crippen molar-refractivity contribution >= 4 is 6.21 Å². The fraction of sp³-hybridized carbons (Fsp3) is 0.833. The Kier molecular flexibility index (Phi) is 6.45. The minimum atomic E-state index is 0.552. The fourth-order valence-corrected chi connectivity index (χ4v) is 4.17. The largest absolute Gasteiger partial charge is 0.405 e. The van der Waals surface area contributed by atoms with E-state index in [9.17, 15) is 0 Å². The van der Waals surface area contributed by atoms with Crippen LogP contribution in [0.3, 0.4) is 0 Å². The van der Waals surface area contributed by atoms with Crippen LogP contribution in [0.1, 0.15) is 39.5 Å². The first-order chi connectivity index (χ1) is 10.7. The van der Waals surface area contributed by atoms with Gasteiger partial charge in [-0.15, -0.1) is 0 Å². The van der Waals surface area contributed by atoms with Crippen molar-refractivity contribution in [2.24, 2.45) is 22.1 Å². The molecule has 0 atom stereocenters. The Balaban J connectivity index is 0.000000847. The lowest BCUT2D eigenvalue weighted by atomic mass is 9.60. The van der Waals surface area contributed by atoms with Crippen LogP contribution in [0.15, 0.2) is 17.3 Å². The smallest absolute Gasteiger partial charge is 0.0512 e. The van der Waals surface area contributed by atoms with Crippen molar-refractivity contribution in [3.8, 4) is 0 Å². The number of aliphatic imine (C=N–C) groups is 1. The van der Waals surface area contributed by atoms with Gasteiger partial charge in [0.2, 0.25) is 0 Å². The third-order valence-electron chi connectivity index (χ3n) is 5.30. The van der Waals surface area contributed by atoms with Gasteiger partial charge in [-0.25, -0.2) is 0 Å². The van der Waals surface area contributed by atoms with Gasteiger partial charge < -0.3 is 15.5 Å². The third kappa shape index (κ3) is 4.32. The van der Waals surface area contributed by atoms with Crippen LogP contribution in [0, 0.1) is 11.3 Å². The first-order valence-electron chi connectivity index (χ1n) is 9.00. The molecular formula is C18H34N4. The van der Waals surface area contributed by atoms with E-state index >= 15 is 0 Å². The Morgan fingerprint density at radius 1 is 1.18 bits per heavy atom. The van der Waals surface area contributed by atoms with Gasteiger partial charge in [-0.2, -0.15) is 0 Å². The molecule has 4 nitrogen and oxygen atoms in total. The summed E-state index contributed by atoms with van der Waals surface area (Å²) in [6, 6.07) is 0.552. The number of piperidine rings is 1. The highest BCUT2D eigenvalue weighted by Crippen LogP contribution is 2.49. The average molecular weight is 306 g/mol. The van der Waals surface area contributed by atoms with E-state index in [-0.39, 0.29) is 0 Å². The maximum absolute atomic E-state index is 5.30. The summed E-state index contributed by atoms with van der Waals surface area (Å²) in [7, 11) is 2.24. The van der Waals surface area contributed by atoms with Crippen LogP contribution < -0.4 is 5.73 Å². The van der Waals surface area contributed by atoms with E-state index in [4.69, 9.17) is 5.73 Å². The molecule has 3 fully saturated rings. The molecule has 2 aliphatic heterocycles. The van der Waals surface area contributed by atoms with Crippen LogP contribution in [0.2, 0.25) is 0 Å². The van der Waals surface area contributed by atoms with Gasteiger partial charge in [0.25, 0.3) is 0 Å². The fourth-order valence-electron chi connectivity index (χ4n) is 4.17. The molecule has 2 heterocycles. The van der Waals surface area contributed by atoms with Crippen LogP contribution in [-0.2, 0) is 0 Å². The molecule has 126 valence electrons. The first kappa shape index (κ1) is 17.5. The maximum Gasteiger partial charge on any atom is 0.0512 e. The molecule has 1 spiro atoms. The van der Waals surface area contributed by atoms with E-state index in [1.54, 1.807) is 6.20 Å². The van der Waals surface area contributed by atoms with E-state index in [0.717, 1.165) is 5.92 Å². The van der Waals surface area contributed by atoms with Crippen molar-refractivity contribution in [2.75, 3.05) is 39.8 Å². The normalized spacial score (nSPS) is 26.9. The van der Waals surface area contributed by atoms with E-state index in [2.05, 4.69) is 21.8 Å². The van der Waals surface area contributed by atoms with E-state index in [0.29, 0.717) is 11.5 Å². The second-order valence-corrected chi connectivity index (χ2v) is 7.16. The number of hydrogen-bond acceptors (Lipinski definition) is 4. The van der Waals surface area contributed by atoms with E-state index in [1.807, 2.05) is 26.1 Å². The molecular weight excluding hydrogens is 272 g/mol. The topological polar surface area (TPSA) is 44.9 Å². The summed E-state index contributed by atoms with van der Waals surface area (Å²) in [4.78, 5) is 9.66. The Bertz CT molecular complexity index is 369. The predicted octanol–water partition coefficient (Wildman–Crippen LogP) is 2.36. The second kappa shape index (κ2) is 8.11. The van der Waals surface area contributed by atoms with Crippen molar-refractivity contribution in [1.29, 1.82) is 0 Å². The highest BCUT2D eigenvalue weighted by atomic mass is 15.2. The quantitative estimate of drug-likeness (QED) is 0.811. The second-order valence-electron chi connectivity index (χ2n) is 7.16. The number of hydrogen-bond donors (Lipinski definition) is 1. The molecule has 1 saturated carbocycles. The molecule has 1 aliphatic carbocycles. The Hall–Kier alpha value is -0.870. The number of nitrogens with zero attached hydrogens (tertiary/aromatic N) is 3. The molecule has 3 rings (SSSR count). The lowest BCUT2D eigenvalue weighted by Crippen LogP contribution is -2.64. The molecule has 0 aromatic carbocycles. The van der Waals surface area contributed by atoms with E-state index < -0.39 is 0 Å². The minimum absolute atomic E-state index is 0.552. The predicted molar refractivity (Wildman–Crippen MR) is 95.3 cm³/mol. The van der Waals surface area contributed by atoms with Crippen molar-refractivity contribution in [3.05, 3.63) is 12.3 Å². The van der Waals surface area contributed by atoms with Gasteiger partial charge in [-0.3, -0.25) is 4.99 Å². The van der Waals surface area contributed by atoms with Crippen LogP contribution in [-0.4, -0.2) is 61.8 Å². The summed E-state index contributed by atoms with van der Waals surface area (Å²) in [6.07, 6.45) is 10.6. The standard InChI is InChI=1S/C16H28N4.C2H6/c1-19-7-3-14(4-8-19)11-20-12-16(13-20)9-15(10-16)18-6-2-5-17;1-2/h2,5-6,14-15H,3-4,7-13,17H2,1H3;1-2H3/b5-2-,18-6?;. The maximum atomic E-state index is 5.30. The van der Waals surface area contributed by atoms with Gasteiger partial charge in [0.1, 0.15) is 0 Å². The lowest BCUT2D eigenvalue weighted by Gasteiger charge is -2.59. The van der Waals surface area contributed by atoms with Gasteiger partial charge in [-0.1, -0.05) is 13.8 Å². The summed E-state index contributed by atoms with van der Waals surface area (Å²) in [5, 5.41) is 0. The molecule has 0 unspecified atom stereocenters. The molecule has 0 radical (unpaired) electrons. The Labute approximate surface area is 136 Å².